The summed E-state index contributed by atoms with van der Waals surface area (Å²) in [7, 11) is 0. The third-order valence-corrected chi connectivity index (χ3v) is 3.47. The van der Waals surface area contributed by atoms with E-state index in [4.69, 9.17) is 14.6 Å². The highest BCUT2D eigenvalue weighted by molar-refractivity contribution is 7.99. The molecule has 0 aliphatic rings. The van der Waals surface area contributed by atoms with Gasteiger partial charge in [-0.05, 0) is 26.0 Å². The van der Waals surface area contributed by atoms with Gasteiger partial charge in [0, 0.05) is 23.9 Å². The molecule has 0 bridgehead atoms. The van der Waals surface area contributed by atoms with Crippen molar-refractivity contribution in [2.45, 2.75) is 13.8 Å². The van der Waals surface area contributed by atoms with Crippen LogP contribution in [0.1, 0.15) is 24.2 Å². The van der Waals surface area contributed by atoms with Gasteiger partial charge in [-0.25, -0.2) is 0 Å². The van der Waals surface area contributed by atoms with Crippen molar-refractivity contribution in [3.05, 3.63) is 23.8 Å². The molecule has 1 aromatic carbocycles. The van der Waals surface area contributed by atoms with Crippen LogP contribution in [0, 0.1) is 0 Å². The third kappa shape index (κ3) is 6.71. The Balaban J connectivity index is 2.60. The maximum Gasteiger partial charge on any atom is 0.313 e. The lowest BCUT2D eigenvalue weighted by Crippen LogP contribution is -2.26. The molecule has 2 N–H and O–H groups in total. The number of nitrogens with one attached hydrogen (secondary N) is 1. The summed E-state index contributed by atoms with van der Waals surface area (Å²) in [5.41, 5.74) is 0.456. The standard InChI is InChI=1S/C15H21NO5S/c1-3-20-12-7-11(8-13(9-12)21-4-2)15(19)16-5-6-22-10-14(17)18/h7-9H,3-6,10H2,1-2H3,(H,16,19)(H,17,18). The van der Waals surface area contributed by atoms with Crippen LogP contribution in [0.15, 0.2) is 18.2 Å². The van der Waals surface area contributed by atoms with Gasteiger partial charge in [0.05, 0.1) is 19.0 Å². The van der Waals surface area contributed by atoms with Crippen LogP contribution in [-0.2, 0) is 4.79 Å². The number of rotatable bonds is 10. The van der Waals surface area contributed by atoms with Crippen LogP contribution < -0.4 is 14.8 Å². The van der Waals surface area contributed by atoms with E-state index < -0.39 is 5.97 Å². The van der Waals surface area contributed by atoms with Gasteiger partial charge in [-0.2, -0.15) is 0 Å². The largest absolute Gasteiger partial charge is 0.494 e. The van der Waals surface area contributed by atoms with Crippen molar-refractivity contribution in [2.24, 2.45) is 0 Å². The molecule has 1 amide bonds. The number of carbonyl (C=O) groups is 2. The minimum atomic E-state index is -0.859. The fourth-order valence-electron chi connectivity index (χ4n) is 1.70. The number of benzene rings is 1. The zero-order valence-electron chi connectivity index (χ0n) is 12.8. The molecule has 0 spiro atoms. The van der Waals surface area contributed by atoms with Crippen molar-refractivity contribution in [1.29, 1.82) is 0 Å². The molecule has 0 unspecified atom stereocenters. The van der Waals surface area contributed by atoms with Gasteiger partial charge in [0.25, 0.3) is 5.91 Å². The summed E-state index contributed by atoms with van der Waals surface area (Å²) in [6.45, 7) is 5.14. The van der Waals surface area contributed by atoms with E-state index in [0.29, 0.717) is 42.6 Å². The van der Waals surface area contributed by atoms with Gasteiger partial charge in [-0.15, -0.1) is 11.8 Å². The maximum absolute atomic E-state index is 12.1. The number of amides is 1. The summed E-state index contributed by atoms with van der Waals surface area (Å²) in [6.07, 6.45) is 0. The average molecular weight is 327 g/mol. The first-order chi connectivity index (χ1) is 10.6. The topological polar surface area (TPSA) is 84.9 Å². The second-order valence-corrected chi connectivity index (χ2v) is 5.37. The molecule has 0 saturated carbocycles. The highest BCUT2D eigenvalue weighted by atomic mass is 32.2. The summed E-state index contributed by atoms with van der Waals surface area (Å²) in [5, 5.41) is 11.3. The number of hydrogen-bond acceptors (Lipinski definition) is 5. The molecule has 6 nitrogen and oxygen atoms in total. The molecule has 0 heterocycles. The van der Waals surface area contributed by atoms with Crippen molar-refractivity contribution in [3.63, 3.8) is 0 Å². The molecular weight excluding hydrogens is 306 g/mol. The molecule has 22 heavy (non-hydrogen) atoms. The number of hydrogen-bond donors (Lipinski definition) is 2. The van der Waals surface area contributed by atoms with Crippen LogP contribution in [0.4, 0.5) is 0 Å². The molecule has 0 aromatic heterocycles. The Bertz CT molecular complexity index is 482. The molecule has 0 saturated heterocycles. The van der Waals surface area contributed by atoms with E-state index in [1.807, 2.05) is 13.8 Å². The van der Waals surface area contributed by atoms with Crippen molar-refractivity contribution >= 4 is 23.6 Å². The minimum Gasteiger partial charge on any atom is -0.494 e. The van der Waals surface area contributed by atoms with Crippen LogP contribution >= 0.6 is 11.8 Å². The molecule has 122 valence electrons. The molecule has 0 aliphatic carbocycles. The van der Waals surface area contributed by atoms with E-state index in [-0.39, 0.29) is 11.7 Å². The molecule has 1 rings (SSSR count). The second kappa shape index (κ2) is 9.94. The Morgan fingerprint density at radius 1 is 1.14 bits per heavy atom. The van der Waals surface area contributed by atoms with Gasteiger partial charge < -0.3 is 19.9 Å². The molecule has 7 heteroatoms. The van der Waals surface area contributed by atoms with Gasteiger partial charge >= 0.3 is 5.97 Å². The smallest absolute Gasteiger partial charge is 0.313 e. The lowest BCUT2D eigenvalue weighted by atomic mass is 10.2. The fourth-order valence-corrected chi connectivity index (χ4v) is 2.27. The summed E-state index contributed by atoms with van der Waals surface area (Å²) in [5.74, 6) is 0.643. The number of carboxylic acid groups (broad SMARTS) is 1. The quantitative estimate of drug-likeness (QED) is 0.640. The van der Waals surface area contributed by atoms with E-state index >= 15 is 0 Å². The van der Waals surface area contributed by atoms with Gasteiger partial charge in [-0.3, -0.25) is 9.59 Å². The first-order valence-electron chi connectivity index (χ1n) is 7.05. The molecule has 1 aromatic rings. The van der Waals surface area contributed by atoms with Crippen LogP contribution in [0.3, 0.4) is 0 Å². The zero-order chi connectivity index (χ0) is 16.4. The number of carboxylic acids is 1. The van der Waals surface area contributed by atoms with Crippen molar-refractivity contribution in [1.82, 2.24) is 5.32 Å². The summed E-state index contributed by atoms with van der Waals surface area (Å²) in [6, 6.07) is 5.06. The summed E-state index contributed by atoms with van der Waals surface area (Å²) < 4.78 is 10.8. The molecule has 0 radical (unpaired) electrons. The predicted octanol–water partition coefficient (Wildman–Crippen LogP) is 2.03. The number of aliphatic carboxylic acids is 1. The van der Waals surface area contributed by atoms with Crippen LogP contribution in [0.25, 0.3) is 0 Å². The van der Waals surface area contributed by atoms with E-state index in [0.717, 1.165) is 0 Å². The molecule has 0 fully saturated rings. The molecule has 0 atom stereocenters. The van der Waals surface area contributed by atoms with E-state index in [1.54, 1.807) is 18.2 Å². The van der Waals surface area contributed by atoms with Crippen LogP contribution in [0.5, 0.6) is 11.5 Å². The Morgan fingerprint density at radius 3 is 2.23 bits per heavy atom. The summed E-state index contributed by atoms with van der Waals surface area (Å²) >= 11 is 1.26. The van der Waals surface area contributed by atoms with Crippen molar-refractivity contribution in [3.8, 4) is 11.5 Å². The van der Waals surface area contributed by atoms with Crippen molar-refractivity contribution in [2.75, 3.05) is 31.3 Å². The second-order valence-electron chi connectivity index (χ2n) is 4.26. The number of ether oxygens (including phenoxy) is 2. The number of carbonyl (C=O) groups excluding carboxylic acids is 1. The highest BCUT2D eigenvalue weighted by Crippen LogP contribution is 2.23. The van der Waals surface area contributed by atoms with Gasteiger partial charge in [0.1, 0.15) is 11.5 Å². The third-order valence-electron chi connectivity index (χ3n) is 2.52. The fraction of sp³-hybridized carbons (Fsp3) is 0.467. The van der Waals surface area contributed by atoms with Gasteiger partial charge in [-0.1, -0.05) is 0 Å². The Morgan fingerprint density at radius 2 is 1.73 bits per heavy atom. The average Bonchev–Trinajstić information content (AvgIpc) is 2.47. The van der Waals surface area contributed by atoms with E-state index in [2.05, 4.69) is 5.32 Å². The maximum atomic E-state index is 12.1. The lowest BCUT2D eigenvalue weighted by Gasteiger charge is -2.11. The highest BCUT2D eigenvalue weighted by Gasteiger charge is 2.10. The normalized spacial score (nSPS) is 10.1. The van der Waals surface area contributed by atoms with Gasteiger partial charge in [0.15, 0.2) is 0 Å². The Labute approximate surface area is 134 Å². The minimum absolute atomic E-state index is 0.0319. The predicted molar refractivity (Wildman–Crippen MR) is 86.1 cm³/mol. The Hall–Kier alpha value is -1.89. The van der Waals surface area contributed by atoms with Crippen LogP contribution in [0.2, 0.25) is 0 Å². The van der Waals surface area contributed by atoms with Gasteiger partial charge in [0.2, 0.25) is 0 Å². The number of thioether (sulfide) groups is 1. The monoisotopic (exact) mass is 327 g/mol. The van der Waals surface area contributed by atoms with Crippen molar-refractivity contribution < 1.29 is 24.2 Å². The van der Waals surface area contributed by atoms with E-state index in [1.165, 1.54) is 11.8 Å². The molecule has 0 aliphatic heterocycles. The summed E-state index contributed by atoms with van der Waals surface area (Å²) in [4.78, 5) is 22.5. The van der Waals surface area contributed by atoms with E-state index in [9.17, 15) is 9.59 Å². The Kier molecular flexibility index (Phi) is 8.21. The first-order valence-corrected chi connectivity index (χ1v) is 8.20. The SMILES string of the molecule is CCOc1cc(OCC)cc(C(=O)NCCSCC(=O)O)c1. The van der Waals surface area contributed by atoms with Crippen LogP contribution in [-0.4, -0.2) is 48.2 Å². The molecular formula is C15H21NO5S. The first kappa shape index (κ1) is 18.2. The lowest BCUT2D eigenvalue weighted by molar-refractivity contribution is -0.133. The zero-order valence-corrected chi connectivity index (χ0v) is 13.6.